The van der Waals surface area contributed by atoms with Gasteiger partial charge in [-0.1, -0.05) is 30.3 Å². The van der Waals surface area contributed by atoms with Crippen LogP contribution in [0.1, 0.15) is 44.6 Å². The fourth-order valence-corrected chi connectivity index (χ4v) is 4.45. The van der Waals surface area contributed by atoms with E-state index in [1.807, 2.05) is 35.2 Å². The summed E-state index contributed by atoms with van der Waals surface area (Å²) in [5.41, 5.74) is 1.11. The first-order valence-electron chi connectivity index (χ1n) is 10.1. The van der Waals surface area contributed by atoms with Crippen LogP contribution in [0.25, 0.3) is 0 Å². The first-order valence-corrected chi connectivity index (χ1v) is 10.1. The van der Waals surface area contributed by atoms with Gasteiger partial charge < -0.3 is 15.3 Å². The van der Waals surface area contributed by atoms with Crippen molar-refractivity contribution in [2.24, 2.45) is 0 Å². The summed E-state index contributed by atoms with van der Waals surface area (Å²) in [6, 6.07) is 10.3. The molecule has 6 nitrogen and oxygen atoms in total. The maximum absolute atomic E-state index is 12.9. The number of carboxylic acid groups (broad SMARTS) is 1. The van der Waals surface area contributed by atoms with E-state index < -0.39 is 5.97 Å². The highest BCUT2D eigenvalue weighted by molar-refractivity contribution is 5.75. The van der Waals surface area contributed by atoms with Gasteiger partial charge in [0.1, 0.15) is 0 Å². The second kappa shape index (κ2) is 9.22. The van der Waals surface area contributed by atoms with E-state index in [1.54, 1.807) is 0 Å². The molecular formula is C21H31N3O3. The number of nitrogens with zero attached hydrogens (tertiary/aromatic N) is 2. The Hall–Kier alpha value is -2.08. The van der Waals surface area contributed by atoms with Gasteiger partial charge >= 0.3 is 12.0 Å². The molecule has 148 valence electrons. The van der Waals surface area contributed by atoms with Gasteiger partial charge in [-0.15, -0.1) is 0 Å². The summed E-state index contributed by atoms with van der Waals surface area (Å²) in [5.74, 6) is -0.828. The van der Waals surface area contributed by atoms with Gasteiger partial charge in [0, 0.05) is 31.1 Å². The fraction of sp³-hybridized carbons (Fsp3) is 0.619. The average Bonchev–Trinajstić information content (AvgIpc) is 3.30. The molecule has 1 aromatic rings. The second-order valence-electron chi connectivity index (χ2n) is 7.80. The number of aliphatic carboxylic acids is 1. The number of benzene rings is 1. The van der Waals surface area contributed by atoms with Crippen LogP contribution in [-0.4, -0.2) is 64.7 Å². The zero-order chi connectivity index (χ0) is 19.2. The lowest BCUT2D eigenvalue weighted by Gasteiger charge is -2.31. The number of likely N-dealkylation sites (tertiary alicyclic amines) is 2. The molecule has 2 fully saturated rings. The molecule has 2 aliphatic heterocycles. The molecule has 0 saturated carbocycles. The zero-order valence-corrected chi connectivity index (χ0v) is 16.1. The summed E-state index contributed by atoms with van der Waals surface area (Å²) in [4.78, 5) is 28.4. The minimum atomic E-state index is -0.828. The Kier molecular flexibility index (Phi) is 6.72. The van der Waals surface area contributed by atoms with Crippen LogP contribution in [-0.2, 0) is 11.2 Å². The predicted molar refractivity (Wildman–Crippen MR) is 105 cm³/mol. The topological polar surface area (TPSA) is 72.9 Å². The van der Waals surface area contributed by atoms with Gasteiger partial charge in [0.05, 0.1) is 0 Å². The molecular weight excluding hydrogens is 342 g/mol. The Morgan fingerprint density at radius 3 is 2.56 bits per heavy atom. The molecule has 3 rings (SSSR count). The van der Waals surface area contributed by atoms with Gasteiger partial charge in [0.15, 0.2) is 0 Å². The van der Waals surface area contributed by atoms with Crippen LogP contribution < -0.4 is 5.32 Å². The van der Waals surface area contributed by atoms with E-state index in [-0.39, 0.29) is 24.5 Å². The van der Waals surface area contributed by atoms with Crippen LogP contribution in [0.4, 0.5) is 4.79 Å². The number of rotatable bonds is 7. The van der Waals surface area contributed by atoms with E-state index in [2.05, 4.69) is 17.1 Å². The minimum absolute atomic E-state index is 0.0593. The third kappa shape index (κ3) is 5.22. The van der Waals surface area contributed by atoms with Gasteiger partial charge in [-0.3, -0.25) is 9.69 Å². The third-order valence-electron chi connectivity index (χ3n) is 5.94. The van der Waals surface area contributed by atoms with E-state index in [0.717, 1.165) is 31.6 Å². The maximum atomic E-state index is 12.9. The smallest absolute Gasteiger partial charge is 0.317 e. The summed E-state index contributed by atoms with van der Waals surface area (Å²) in [6.45, 7) is 5.18. The van der Waals surface area contributed by atoms with Gasteiger partial charge in [-0.05, 0) is 57.7 Å². The number of carboxylic acids is 1. The molecule has 27 heavy (non-hydrogen) atoms. The molecule has 2 N–H and O–H groups in total. The third-order valence-corrected chi connectivity index (χ3v) is 5.94. The number of hydrogen-bond acceptors (Lipinski definition) is 3. The molecule has 3 unspecified atom stereocenters. The number of amides is 2. The van der Waals surface area contributed by atoms with Crippen molar-refractivity contribution in [3.63, 3.8) is 0 Å². The van der Waals surface area contributed by atoms with E-state index in [4.69, 9.17) is 5.11 Å². The van der Waals surface area contributed by atoms with E-state index in [1.165, 1.54) is 12.8 Å². The molecule has 2 heterocycles. The lowest BCUT2D eigenvalue weighted by Crippen LogP contribution is -2.50. The molecule has 3 atom stereocenters. The standard InChI is InChI=1S/C21H31N3O3/c1-16-19(23-12-5-6-13-23)11-14-24(16)21(27)22-18(9-10-20(25)26)15-17-7-3-2-4-8-17/h2-4,7-8,16,18-19H,5-6,9-15H2,1H3,(H,22,27)(H,25,26). The van der Waals surface area contributed by atoms with Crippen molar-refractivity contribution in [3.05, 3.63) is 35.9 Å². The summed E-state index contributed by atoms with van der Waals surface area (Å²) in [7, 11) is 0. The molecule has 0 bridgehead atoms. The lowest BCUT2D eigenvalue weighted by molar-refractivity contribution is -0.137. The molecule has 6 heteroatoms. The quantitative estimate of drug-likeness (QED) is 0.771. The van der Waals surface area contributed by atoms with Crippen molar-refractivity contribution in [2.45, 2.75) is 63.6 Å². The first kappa shape index (κ1) is 19.7. The molecule has 0 aliphatic carbocycles. The van der Waals surface area contributed by atoms with E-state index >= 15 is 0 Å². The van der Waals surface area contributed by atoms with Gasteiger partial charge in [0.25, 0.3) is 0 Å². The minimum Gasteiger partial charge on any atom is -0.481 e. The Morgan fingerprint density at radius 2 is 1.89 bits per heavy atom. The lowest BCUT2D eigenvalue weighted by atomic mass is 10.0. The van der Waals surface area contributed by atoms with Crippen molar-refractivity contribution >= 4 is 12.0 Å². The highest BCUT2D eigenvalue weighted by atomic mass is 16.4. The maximum Gasteiger partial charge on any atom is 0.317 e. The van der Waals surface area contributed by atoms with E-state index in [0.29, 0.717) is 18.9 Å². The van der Waals surface area contributed by atoms with Gasteiger partial charge in [-0.2, -0.15) is 0 Å². The molecule has 0 radical (unpaired) electrons. The van der Waals surface area contributed by atoms with E-state index in [9.17, 15) is 9.59 Å². The molecule has 0 spiro atoms. The Bertz CT molecular complexity index is 631. The molecule has 0 aromatic heterocycles. The number of carbonyl (C=O) groups excluding carboxylic acids is 1. The van der Waals surface area contributed by atoms with Crippen LogP contribution in [0, 0.1) is 0 Å². The highest BCUT2D eigenvalue weighted by Crippen LogP contribution is 2.26. The monoisotopic (exact) mass is 373 g/mol. The largest absolute Gasteiger partial charge is 0.481 e. The normalized spacial score (nSPS) is 24.1. The van der Waals surface area contributed by atoms with Gasteiger partial charge in [-0.25, -0.2) is 4.79 Å². The predicted octanol–water partition coefficient (Wildman–Crippen LogP) is 2.73. The average molecular weight is 373 g/mol. The van der Waals surface area contributed by atoms with Gasteiger partial charge in [0.2, 0.25) is 0 Å². The van der Waals surface area contributed by atoms with Crippen LogP contribution in [0.15, 0.2) is 30.3 Å². The Balaban J connectivity index is 1.60. The van der Waals surface area contributed by atoms with Crippen molar-refractivity contribution in [1.29, 1.82) is 0 Å². The summed E-state index contributed by atoms with van der Waals surface area (Å²) in [5, 5.41) is 12.2. The summed E-state index contributed by atoms with van der Waals surface area (Å²) >= 11 is 0. The number of hydrogen-bond donors (Lipinski definition) is 2. The molecule has 2 aliphatic rings. The number of urea groups is 1. The van der Waals surface area contributed by atoms with Crippen molar-refractivity contribution < 1.29 is 14.7 Å². The number of nitrogens with one attached hydrogen (secondary N) is 1. The van der Waals surface area contributed by atoms with Crippen LogP contribution >= 0.6 is 0 Å². The Labute approximate surface area is 161 Å². The SMILES string of the molecule is CC1C(N2CCCC2)CCN1C(=O)NC(CCC(=O)O)Cc1ccccc1. The first-order chi connectivity index (χ1) is 13.0. The summed E-state index contributed by atoms with van der Waals surface area (Å²) in [6.07, 6.45) is 4.68. The summed E-state index contributed by atoms with van der Waals surface area (Å²) < 4.78 is 0. The molecule has 1 aromatic carbocycles. The number of carbonyl (C=O) groups is 2. The van der Waals surface area contributed by atoms with Crippen LogP contribution in [0.5, 0.6) is 0 Å². The van der Waals surface area contributed by atoms with Crippen LogP contribution in [0.3, 0.4) is 0 Å². The highest BCUT2D eigenvalue weighted by Gasteiger charge is 2.38. The fourth-order valence-electron chi connectivity index (χ4n) is 4.45. The molecule has 2 saturated heterocycles. The molecule has 2 amide bonds. The van der Waals surface area contributed by atoms with Crippen molar-refractivity contribution in [2.75, 3.05) is 19.6 Å². The Morgan fingerprint density at radius 1 is 1.19 bits per heavy atom. The van der Waals surface area contributed by atoms with Crippen molar-refractivity contribution in [3.8, 4) is 0 Å². The zero-order valence-electron chi connectivity index (χ0n) is 16.1. The second-order valence-corrected chi connectivity index (χ2v) is 7.80. The van der Waals surface area contributed by atoms with Crippen molar-refractivity contribution in [1.82, 2.24) is 15.1 Å². The van der Waals surface area contributed by atoms with Crippen LogP contribution in [0.2, 0.25) is 0 Å².